The molecule has 1 aliphatic rings. The quantitative estimate of drug-likeness (QED) is 0.340. The van der Waals surface area contributed by atoms with Gasteiger partial charge in [0.25, 0.3) is 5.91 Å². The van der Waals surface area contributed by atoms with Gasteiger partial charge >= 0.3 is 12.2 Å². The number of amides is 3. The molecule has 37 heavy (non-hydrogen) atoms. The predicted molar refractivity (Wildman–Crippen MR) is 139 cm³/mol. The Morgan fingerprint density at radius 1 is 0.838 bits per heavy atom. The first kappa shape index (κ1) is 26.1. The first-order valence-electron chi connectivity index (χ1n) is 12.2. The van der Waals surface area contributed by atoms with Gasteiger partial charge < -0.3 is 20.9 Å². The number of rotatable bonds is 6. The Hall–Kier alpha value is -4.01. The molecular formula is C28H29F3N4O2. The molecule has 3 amide bonds. The lowest BCUT2D eigenvalue weighted by Gasteiger charge is -2.31. The SMILES string of the molecule is CC(NC(=O)c1cc(NC(=O)Nc2cccc(C(F)(F)F)c2)ccc1N1CCCCC1)c1ccccc1. The van der Waals surface area contributed by atoms with Gasteiger partial charge in [0.2, 0.25) is 0 Å². The molecule has 1 atom stereocenters. The standard InChI is InChI=1S/C28H29F3N4O2/c1-19(20-9-4-2-5-10-20)32-26(36)24-18-23(13-14-25(24)35-15-6-3-7-16-35)34-27(37)33-22-12-8-11-21(17-22)28(29,30)31/h2,4-5,8-14,17-19H,3,6-7,15-16H2,1H3,(H,32,36)(H2,33,34,37). The second-order valence-electron chi connectivity index (χ2n) is 9.04. The molecule has 1 unspecified atom stereocenters. The monoisotopic (exact) mass is 510 g/mol. The van der Waals surface area contributed by atoms with Crippen LogP contribution in [0.5, 0.6) is 0 Å². The number of benzene rings is 3. The number of hydrogen-bond acceptors (Lipinski definition) is 3. The molecule has 0 spiro atoms. The van der Waals surface area contributed by atoms with E-state index in [2.05, 4.69) is 20.9 Å². The van der Waals surface area contributed by atoms with Crippen LogP contribution in [0.1, 0.15) is 53.7 Å². The zero-order valence-electron chi connectivity index (χ0n) is 20.4. The predicted octanol–water partition coefficient (Wildman–Crippen LogP) is 6.83. The average molecular weight is 511 g/mol. The Labute approximate surface area is 213 Å². The summed E-state index contributed by atoms with van der Waals surface area (Å²) >= 11 is 0. The summed E-state index contributed by atoms with van der Waals surface area (Å²) in [5.41, 5.74) is 1.66. The minimum atomic E-state index is -4.52. The van der Waals surface area contributed by atoms with Gasteiger partial charge in [-0.3, -0.25) is 4.79 Å². The van der Waals surface area contributed by atoms with Crippen LogP contribution in [0.2, 0.25) is 0 Å². The van der Waals surface area contributed by atoms with E-state index in [4.69, 9.17) is 0 Å². The second kappa shape index (κ2) is 11.4. The van der Waals surface area contributed by atoms with Crippen LogP contribution < -0.4 is 20.9 Å². The number of halogens is 3. The highest BCUT2D eigenvalue weighted by molar-refractivity contribution is 6.04. The van der Waals surface area contributed by atoms with Gasteiger partial charge in [-0.25, -0.2) is 4.79 Å². The smallest absolute Gasteiger partial charge is 0.371 e. The van der Waals surface area contributed by atoms with E-state index >= 15 is 0 Å². The number of anilines is 3. The summed E-state index contributed by atoms with van der Waals surface area (Å²) in [4.78, 5) is 28.1. The molecule has 1 saturated heterocycles. The highest BCUT2D eigenvalue weighted by Gasteiger charge is 2.30. The number of urea groups is 1. The fourth-order valence-electron chi connectivity index (χ4n) is 4.37. The Morgan fingerprint density at radius 2 is 1.51 bits per heavy atom. The fraction of sp³-hybridized carbons (Fsp3) is 0.286. The van der Waals surface area contributed by atoms with Crippen molar-refractivity contribution in [2.45, 2.75) is 38.4 Å². The van der Waals surface area contributed by atoms with Crippen molar-refractivity contribution in [1.82, 2.24) is 5.32 Å². The molecule has 0 aromatic heterocycles. The summed E-state index contributed by atoms with van der Waals surface area (Å²) in [7, 11) is 0. The normalized spacial score (nSPS) is 14.5. The molecule has 6 nitrogen and oxygen atoms in total. The van der Waals surface area contributed by atoms with Crippen molar-refractivity contribution < 1.29 is 22.8 Å². The van der Waals surface area contributed by atoms with Crippen molar-refractivity contribution >= 4 is 29.0 Å². The zero-order valence-corrected chi connectivity index (χ0v) is 20.4. The third-order valence-electron chi connectivity index (χ3n) is 6.29. The highest BCUT2D eigenvalue weighted by Crippen LogP contribution is 2.31. The van der Waals surface area contributed by atoms with Crippen molar-refractivity contribution in [3.63, 3.8) is 0 Å². The van der Waals surface area contributed by atoms with Gasteiger partial charge in [-0.15, -0.1) is 0 Å². The van der Waals surface area contributed by atoms with Crippen LogP contribution in [-0.4, -0.2) is 25.0 Å². The van der Waals surface area contributed by atoms with E-state index in [9.17, 15) is 22.8 Å². The van der Waals surface area contributed by atoms with E-state index in [1.165, 1.54) is 12.1 Å². The van der Waals surface area contributed by atoms with E-state index in [1.54, 1.807) is 18.2 Å². The van der Waals surface area contributed by atoms with E-state index < -0.39 is 17.8 Å². The number of hydrogen-bond donors (Lipinski definition) is 3. The highest BCUT2D eigenvalue weighted by atomic mass is 19.4. The number of carbonyl (C=O) groups is 2. The maximum atomic E-state index is 13.4. The molecule has 4 rings (SSSR count). The van der Waals surface area contributed by atoms with Crippen molar-refractivity contribution in [1.29, 1.82) is 0 Å². The van der Waals surface area contributed by atoms with Crippen molar-refractivity contribution in [3.8, 4) is 0 Å². The molecule has 1 aliphatic heterocycles. The van der Waals surface area contributed by atoms with Crippen molar-refractivity contribution in [2.24, 2.45) is 0 Å². The van der Waals surface area contributed by atoms with Crippen LogP contribution in [0.15, 0.2) is 72.8 Å². The maximum absolute atomic E-state index is 13.4. The van der Waals surface area contributed by atoms with Crippen molar-refractivity contribution in [2.75, 3.05) is 28.6 Å². The lowest BCUT2D eigenvalue weighted by molar-refractivity contribution is -0.137. The molecule has 0 aliphatic carbocycles. The third kappa shape index (κ3) is 6.81. The molecule has 194 valence electrons. The summed E-state index contributed by atoms with van der Waals surface area (Å²) in [5, 5.41) is 8.08. The first-order valence-corrected chi connectivity index (χ1v) is 12.2. The summed E-state index contributed by atoms with van der Waals surface area (Å²) < 4.78 is 39.0. The summed E-state index contributed by atoms with van der Waals surface area (Å²) in [6, 6.07) is 18.1. The molecule has 3 aromatic carbocycles. The van der Waals surface area contributed by atoms with Gasteiger partial charge in [-0.1, -0.05) is 36.4 Å². The number of alkyl halides is 3. The molecule has 0 radical (unpaired) electrons. The molecule has 0 bridgehead atoms. The molecule has 1 heterocycles. The summed E-state index contributed by atoms with van der Waals surface area (Å²) in [5.74, 6) is -0.279. The molecular weight excluding hydrogens is 481 g/mol. The van der Waals surface area contributed by atoms with Crippen molar-refractivity contribution in [3.05, 3.63) is 89.5 Å². The number of nitrogens with one attached hydrogen (secondary N) is 3. The topological polar surface area (TPSA) is 73.5 Å². The van der Waals surface area contributed by atoms with Gasteiger partial charge in [-0.05, 0) is 68.1 Å². The van der Waals surface area contributed by atoms with Gasteiger partial charge in [0.15, 0.2) is 0 Å². The summed E-state index contributed by atoms with van der Waals surface area (Å²) in [6.07, 6.45) is -1.32. The van der Waals surface area contributed by atoms with E-state index in [-0.39, 0.29) is 17.6 Å². The van der Waals surface area contributed by atoms with Gasteiger partial charge in [0, 0.05) is 30.2 Å². The van der Waals surface area contributed by atoms with Crippen LogP contribution in [0.4, 0.5) is 35.0 Å². The Kier molecular flexibility index (Phi) is 8.01. The van der Waals surface area contributed by atoms with Crippen LogP contribution in [-0.2, 0) is 6.18 Å². The van der Waals surface area contributed by atoms with E-state index in [1.807, 2.05) is 37.3 Å². The van der Waals surface area contributed by atoms with E-state index in [0.29, 0.717) is 11.3 Å². The maximum Gasteiger partial charge on any atom is 0.416 e. The third-order valence-corrected chi connectivity index (χ3v) is 6.29. The van der Waals surface area contributed by atoms with Crippen LogP contribution in [0.3, 0.4) is 0 Å². The van der Waals surface area contributed by atoms with E-state index in [0.717, 1.165) is 55.7 Å². The molecule has 9 heteroatoms. The van der Waals surface area contributed by atoms with Crippen LogP contribution in [0, 0.1) is 0 Å². The average Bonchev–Trinajstić information content (AvgIpc) is 2.89. The molecule has 3 aromatic rings. The minimum Gasteiger partial charge on any atom is -0.371 e. The Morgan fingerprint density at radius 3 is 2.19 bits per heavy atom. The first-order chi connectivity index (χ1) is 17.7. The minimum absolute atomic E-state index is 0.00640. The number of carbonyl (C=O) groups excluding carboxylic acids is 2. The lowest BCUT2D eigenvalue weighted by atomic mass is 10.0. The zero-order chi connectivity index (χ0) is 26.4. The lowest BCUT2D eigenvalue weighted by Crippen LogP contribution is -2.33. The van der Waals surface area contributed by atoms with Gasteiger partial charge in [0.05, 0.1) is 17.2 Å². The molecule has 3 N–H and O–H groups in total. The molecule has 1 fully saturated rings. The molecule has 0 saturated carbocycles. The number of nitrogens with zero attached hydrogens (tertiary/aromatic N) is 1. The second-order valence-corrected chi connectivity index (χ2v) is 9.04. The summed E-state index contributed by atoms with van der Waals surface area (Å²) in [6.45, 7) is 3.56. The Bertz CT molecular complexity index is 1240. The van der Waals surface area contributed by atoms with Crippen LogP contribution in [0.25, 0.3) is 0 Å². The van der Waals surface area contributed by atoms with Gasteiger partial charge in [-0.2, -0.15) is 13.2 Å². The van der Waals surface area contributed by atoms with Gasteiger partial charge in [0.1, 0.15) is 0 Å². The Balaban J connectivity index is 1.53. The van der Waals surface area contributed by atoms with Crippen LogP contribution >= 0.6 is 0 Å². The largest absolute Gasteiger partial charge is 0.416 e. The fourth-order valence-corrected chi connectivity index (χ4v) is 4.37. The number of piperidine rings is 1.